The molecule has 1 aliphatic heterocycles. The van der Waals surface area contributed by atoms with Crippen molar-refractivity contribution in [2.45, 2.75) is 43.9 Å². The van der Waals surface area contributed by atoms with Crippen LogP contribution in [0.25, 0.3) is 11.0 Å². The molecule has 6 N–H and O–H groups in total. The van der Waals surface area contributed by atoms with Crippen LogP contribution >= 0.6 is 20.4 Å². The van der Waals surface area contributed by atoms with Gasteiger partial charge in [0.2, 0.25) is 5.75 Å². The summed E-state index contributed by atoms with van der Waals surface area (Å²) in [6.45, 7) is 2.61. The van der Waals surface area contributed by atoms with Crippen LogP contribution < -0.4 is 25.6 Å². The van der Waals surface area contributed by atoms with Crippen molar-refractivity contribution in [3.05, 3.63) is 42.4 Å². The average Bonchev–Trinajstić information content (AvgIpc) is 3.38. The first-order valence-electron chi connectivity index (χ1n) is 11.6. The fourth-order valence-corrected chi connectivity index (χ4v) is 5.03. The maximum atomic E-state index is 12.3. The molecule has 1 saturated heterocycles. The van der Waals surface area contributed by atoms with Crippen LogP contribution in [0.4, 0.5) is 5.82 Å². The fourth-order valence-electron chi connectivity index (χ4n) is 4.14. The second-order valence-corrected chi connectivity index (χ2v) is 10.2. The number of hydrogen-bond acceptors (Lipinski definition) is 13. The number of aromatic nitrogens is 3. The van der Waals surface area contributed by atoms with E-state index in [-0.39, 0.29) is 28.9 Å². The molecule has 3 aromatic rings. The number of benzene rings is 1. The van der Waals surface area contributed by atoms with E-state index in [2.05, 4.69) is 19.4 Å². The lowest BCUT2D eigenvalue weighted by atomic mass is 9.96. The van der Waals surface area contributed by atoms with Crippen molar-refractivity contribution in [3.8, 4) is 11.5 Å². The van der Waals surface area contributed by atoms with Crippen LogP contribution in [0, 0.1) is 0 Å². The highest BCUT2D eigenvalue weighted by Crippen LogP contribution is 2.42. The number of aliphatic hydroxyl groups excluding tert-OH is 1. The summed E-state index contributed by atoms with van der Waals surface area (Å²) in [5, 5.41) is 22.6. The summed E-state index contributed by atoms with van der Waals surface area (Å²) in [5.41, 5.74) is 10.8. The molecular weight excluding hydrogens is 551 g/mol. The number of methoxy groups -OCH3 is 1. The third-order valence-corrected chi connectivity index (χ3v) is 7.26. The van der Waals surface area contributed by atoms with E-state index in [0.29, 0.717) is 16.6 Å². The van der Waals surface area contributed by atoms with Gasteiger partial charge in [-0.05, 0) is 26.0 Å². The Morgan fingerprint density at radius 2 is 2.08 bits per heavy atom. The molecule has 16 heteroatoms. The zero-order chi connectivity index (χ0) is 28.5. The number of esters is 1. The lowest BCUT2D eigenvalue weighted by Gasteiger charge is -2.27. The van der Waals surface area contributed by atoms with E-state index in [1.807, 2.05) is 0 Å². The number of nitrogens with two attached hydrogens (primary N) is 2. The maximum absolute atomic E-state index is 12.3. The van der Waals surface area contributed by atoms with Gasteiger partial charge in [0.15, 0.2) is 18.0 Å². The summed E-state index contributed by atoms with van der Waals surface area (Å²) in [6, 6.07) is 5.33. The standard InChI is InChI=1S/C23H27N6O8PS/c1-11(21(31)34-3)28-38(33)37-14-7-5-4-6-13(14)35-9-15-17(30)23(2,32)22(36-15)29-8-12(19(25)39)16-18(24)26-10-27-20(16)29/h4-8,10-11,15,17,22,30,32H,9H2,1-3H3,(H2,25,39)(H2,24,26,27)/t11-,15?,17?,22+,23+/m0/s1. The molecule has 6 atom stereocenters. The van der Waals surface area contributed by atoms with Crippen LogP contribution in [-0.2, 0) is 14.3 Å². The number of anilines is 1. The lowest BCUT2D eigenvalue weighted by molar-refractivity contribution is -0.169. The molecular formula is C23H27N6O8PS. The van der Waals surface area contributed by atoms with Crippen LogP contribution in [0.1, 0.15) is 25.6 Å². The quantitative estimate of drug-likeness (QED) is 0.155. The minimum Gasteiger partial charge on any atom is -0.575 e. The van der Waals surface area contributed by atoms with Gasteiger partial charge in [0.05, 0.1) is 12.5 Å². The largest absolute Gasteiger partial charge is 0.575 e. The Balaban J connectivity index is 1.55. The van der Waals surface area contributed by atoms with Gasteiger partial charge in [-0.2, -0.15) is 0 Å². The first kappa shape index (κ1) is 28.5. The summed E-state index contributed by atoms with van der Waals surface area (Å²) < 4.78 is 27.0. The van der Waals surface area contributed by atoms with Crippen molar-refractivity contribution < 1.29 is 38.6 Å². The smallest absolute Gasteiger partial charge is 0.395 e. The van der Waals surface area contributed by atoms with E-state index in [4.69, 9.17) is 37.7 Å². The number of carbonyl (C=O) groups excluding carboxylic acids is 1. The van der Waals surface area contributed by atoms with Gasteiger partial charge >= 0.3 is 14.1 Å². The molecule has 208 valence electrons. The lowest BCUT2D eigenvalue weighted by Crippen LogP contribution is -2.44. The zero-order valence-corrected chi connectivity index (χ0v) is 22.8. The highest BCUT2D eigenvalue weighted by Gasteiger charge is 2.54. The first-order chi connectivity index (χ1) is 18.4. The van der Waals surface area contributed by atoms with Gasteiger partial charge in [0.1, 0.15) is 47.2 Å². The number of nitrogens with zero attached hydrogens (tertiary/aromatic N) is 4. The molecule has 3 unspecified atom stereocenters. The Bertz CT molecular complexity index is 1430. The van der Waals surface area contributed by atoms with Gasteiger partial charge in [0, 0.05) is 11.8 Å². The summed E-state index contributed by atoms with van der Waals surface area (Å²) in [4.78, 5) is 32.1. The molecule has 4 rings (SSSR count). The van der Waals surface area contributed by atoms with E-state index >= 15 is 0 Å². The predicted molar refractivity (Wildman–Crippen MR) is 142 cm³/mol. The van der Waals surface area contributed by atoms with Gasteiger partial charge in [0.25, 0.3) is 0 Å². The summed E-state index contributed by atoms with van der Waals surface area (Å²) >= 11 is 5.14. The second-order valence-electron chi connectivity index (χ2n) is 8.87. The van der Waals surface area contributed by atoms with Gasteiger partial charge in [-0.3, -0.25) is 4.52 Å². The number of thiocarbonyl (C=S) groups is 1. The van der Waals surface area contributed by atoms with Crippen molar-refractivity contribution in [2.24, 2.45) is 10.5 Å². The molecule has 14 nitrogen and oxygen atoms in total. The minimum absolute atomic E-state index is 0.0426. The fraction of sp³-hybridized carbons (Fsp3) is 0.391. The molecule has 2 aromatic heterocycles. The Morgan fingerprint density at radius 3 is 2.74 bits per heavy atom. The van der Waals surface area contributed by atoms with E-state index in [1.54, 1.807) is 18.2 Å². The monoisotopic (exact) mass is 578 g/mol. The van der Waals surface area contributed by atoms with Crippen LogP contribution in [-0.4, -0.2) is 73.3 Å². The van der Waals surface area contributed by atoms with Gasteiger partial charge in [-0.15, -0.1) is 0 Å². The summed E-state index contributed by atoms with van der Waals surface area (Å²) in [7, 11) is -1.43. The molecule has 1 aliphatic rings. The van der Waals surface area contributed by atoms with E-state index in [1.165, 1.54) is 44.1 Å². The van der Waals surface area contributed by atoms with Crippen LogP contribution in [0.5, 0.6) is 11.5 Å². The van der Waals surface area contributed by atoms with Gasteiger partial charge in [-0.1, -0.05) is 29.1 Å². The van der Waals surface area contributed by atoms with E-state index < -0.39 is 44.2 Å². The SMILES string of the molecule is COC(=O)[C@H](C)/N=[P+](\[O-])Oc1ccccc1OCC1O[C@@H](n2cc(C(N)=S)c3c(N)ncnc32)[C@](C)(O)C1O. The van der Waals surface area contributed by atoms with Crippen molar-refractivity contribution in [1.29, 1.82) is 0 Å². The number of carbonyl (C=O) groups is 1. The molecule has 0 saturated carbocycles. The van der Waals surface area contributed by atoms with Crippen LogP contribution in [0.15, 0.2) is 41.5 Å². The first-order valence-corrected chi connectivity index (χ1v) is 13.1. The van der Waals surface area contributed by atoms with Crippen LogP contribution in [0.3, 0.4) is 0 Å². The number of nitrogen functional groups attached to an aromatic ring is 1. The molecule has 0 radical (unpaired) electrons. The average molecular weight is 579 g/mol. The number of aliphatic hydroxyl groups is 2. The molecule has 0 aliphatic carbocycles. The second kappa shape index (κ2) is 11.3. The maximum Gasteiger partial charge on any atom is 0.395 e. The topological polar surface area (TPSA) is 213 Å². The normalized spacial score (nSPS) is 23.9. The van der Waals surface area contributed by atoms with Crippen molar-refractivity contribution in [3.63, 3.8) is 0 Å². The van der Waals surface area contributed by atoms with E-state index in [9.17, 15) is 19.9 Å². The van der Waals surface area contributed by atoms with E-state index in [0.717, 1.165) is 0 Å². The molecule has 39 heavy (non-hydrogen) atoms. The molecule has 0 amide bonds. The highest BCUT2D eigenvalue weighted by atomic mass is 32.1. The zero-order valence-electron chi connectivity index (χ0n) is 21.1. The number of ether oxygens (including phenoxy) is 3. The summed E-state index contributed by atoms with van der Waals surface area (Å²) in [6.07, 6.45) is -0.751. The third kappa shape index (κ3) is 5.64. The predicted octanol–water partition coefficient (Wildman–Crippen LogP) is 0.532. The van der Waals surface area contributed by atoms with Crippen molar-refractivity contribution in [2.75, 3.05) is 19.5 Å². The number of hydrogen-bond donors (Lipinski definition) is 4. The van der Waals surface area contributed by atoms with Crippen LogP contribution in [0.2, 0.25) is 0 Å². The Morgan fingerprint density at radius 1 is 1.38 bits per heavy atom. The molecule has 1 aromatic carbocycles. The number of para-hydroxylation sites is 2. The van der Waals surface area contributed by atoms with Crippen molar-refractivity contribution in [1.82, 2.24) is 14.5 Å². The Hall–Kier alpha value is -3.46. The molecule has 3 heterocycles. The third-order valence-electron chi connectivity index (χ3n) is 6.15. The highest BCUT2D eigenvalue weighted by molar-refractivity contribution is 7.80. The molecule has 1 fully saturated rings. The Kier molecular flexibility index (Phi) is 8.30. The Labute approximate surface area is 229 Å². The van der Waals surface area contributed by atoms with Gasteiger partial charge < -0.3 is 45.4 Å². The summed E-state index contributed by atoms with van der Waals surface area (Å²) in [5.74, 6) is -0.268. The van der Waals surface area contributed by atoms with Crippen molar-refractivity contribution >= 4 is 48.2 Å². The number of fused-ring (bicyclic) bond motifs is 1. The number of rotatable bonds is 9. The molecule has 0 spiro atoms. The molecule has 0 bridgehead atoms. The van der Waals surface area contributed by atoms with Gasteiger partial charge in [-0.25, -0.2) is 14.8 Å². The minimum atomic E-state index is -2.63.